The zero-order chi connectivity index (χ0) is 75.7. The molecule has 7 heteroatoms. The Morgan fingerprint density at radius 2 is 0.739 bits per heavy atom. The lowest BCUT2D eigenvalue weighted by molar-refractivity contribution is 0.663. The summed E-state index contributed by atoms with van der Waals surface area (Å²) in [5.74, 6) is 0.670. The monoisotopic (exact) mass is 1470 g/mol. The summed E-state index contributed by atoms with van der Waals surface area (Å²) in [6.45, 7) is 4.90. The molecule has 0 saturated carbocycles. The van der Waals surface area contributed by atoms with Gasteiger partial charge in [-0.2, -0.15) is 0 Å². The molecule has 6 heterocycles. The van der Waals surface area contributed by atoms with Crippen molar-refractivity contribution in [2.24, 2.45) is 0 Å². The maximum absolute atomic E-state index is 5.14. The zero-order valence-corrected chi connectivity index (χ0v) is 63.5. The van der Waals surface area contributed by atoms with Gasteiger partial charge in [0.25, 0.3) is 0 Å². The standard InChI is InChI=1S/C57H37N5.C51H36N2/c1-3-15-37(16-4-1)57-59-49(35-50(60-57)48-23-13-14-30-58-48)36-26-28-43(29-27-36)62-52-25-12-10-22-45(52)54-47-34-41-32-39-18-8-7-17-38(39)31-40(41)33-46(47)53-44-21-9-11-24-51(44)61(55(53)56(54)62)42-19-5-2-6-20-42;1-51(2)43-21-11-8-19-38(43)47-41-28-33-26-31-14-6-7-15-32(31)27-34(33)29-42(41)48-39-20-10-13-23-45(39)53(50(48)49(47)51)36-24-25-46-40(30-36)37-18-9-12-22-44(37)52(46)35-16-4-3-5-17-35/h1-30,33-35H,31-32H2;3-27,30H,28-29H2,1-2H3. The number of para-hydroxylation sites is 6. The van der Waals surface area contributed by atoms with Gasteiger partial charge in [-0.15, -0.1) is 0 Å². The topological polar surface area (TPSA) is 58.4 Å². The van der Waals surface area contributed by atoms with Crippen molar-refractivity contribution in [1.82, 2.24) is 33.2 Å². The third-order valence-corrected chi connectivity index (χ3v) is 25.4. The van der Waals surface area contributed by atoms with Crippen LogP contribution in [0.3, 0.4) is 0 Å². The van der Waals surface area contributed by atoms with Crippen LogP contribution in [0.4, 0.5) is 0 Å². The van der Waals surface area contributed by atoms with Crippen LogP contribution in [0.1, 0.15) is 69.5 Å². The van der Waals surface area contributed by atoms with E-state index in [1.54, 1.807) is 0 Å². The molecule has 25 rings (SSSR count). The number of nitrogens with zero attached hydrogens (tertiary/aromatic N) is 7. The predicted octanol–water partition coefficient (Wildman–Crippen LogP) is 26.6. The Morgan fingerprint density at radius 3 is 1.35 bits per heavy atom. The van der Waals surface area contributed by atoms with Crippen molar-refractivity contribution in [2.45, 2.75) is 44.9 Å². The van der Waals surface area contributed by atoms with Crippen LogP contribution in [0.15, 0.2) is 358 Å². The van der Waals surface area contributed by atoms with E-state index < -0.39 is 0 Å². The van der Waals surface area contributed by atoms with E-state index in [2.05, 4.69) is 353 Å². The lowest BCUT2D eigenvalue weighted by Crippen LogP contribution is -2.18. The van der Waals surface area contributed by atoms with Crippen LogP contribution < -0.4 is 0 Å². The molecule has 0 atom stereocenters. The van der Waals surface area contributed by atoms with Crippen molar-refractivity contribution < 1.29 is 0 Å². The number of benzene rings is 16. The molecule has 0 saturated heterocycles. The molecule has 0 N–H and O–H groups in total. The van der Waals surface area contributed by atoms with Crippen LogP contribution in [0.25, 0.3) is 177 Å². The van der Waals surface area contributed by atoms with Gasteiger partial charge < -0.3 is 18.3 Å². The Balaban J connectivity index is 0.000000134. The molecule has 0 radical (unpaired) electrons. The molecule has 3 aliphatic carbocycles. The van der Waals surface area contributed by atoms with E-state index in [0.717, 1.165) is 65.3 Å². The second kappa shape index (κ2) is 25.2. The fourth-order valence-corrected chi connectivity index (χ4v) is 20.4. The minimum absolute atomic E-state index is 0.178. The average Bonchev–Trinajstić information content (AvgIpc) is 1.52. The highest BCUT2D eigenvalue weighted by atomic mass is 15.1. The summed E-state index contributed by atoms with van der Waals surface area (Å²) in [6, 6.07) is 129. The molecule has 0 spiro atoms. The molecule has 0 bridgehead atoms. The van der Waals surface area contributed by atoms with Gasteiger partial charge in [-0.05, 0) is 223 Å². The van der Waals surface area contributed by atoms with Gasteiger partial charge in [0.1, 0.15) is 0 Å². The molecule has 115 heavy (non-hydrogen) atoms. The molecule has 7 nitrogen and oxygen atoms in total. The molecule has 22 aromatic rings. The van der Waals surface area contributed by atoms with Gasteiger partial charge in [0.05, 0.1) is 61.2 Å². The summed E-state index contributed by atoms with van der Waals surface area (Å²) in [4.78, 5) is 14.8. The Hall–Kier alpha value is -14.5. The van der Waals surface area contributed by atoms with Gasteiger partial charge in [0.2, 0.25) is 0 Å². The quantitative estimate of drug-likeness (QED) is 0.160. The highest BCUT2D eigenvalue weighted by Gasteiger charge is 2.43. The minimum Gasteiger partial charge on any atom is -0.309 e. The van der Waals surface area contributed by atoms with E-state index in [4.69, 9.17) is 9.97 Å². The largest absolute Gasteiger partial charge is 0.309 e. The third-order valence-electron chi connectivity index (χ3n) is 25.4. The lowest BCUT2D eigenvalue weighted by atomic mass is 9.76. The second-order valence-corrected chi connectivity index (χ2v) is 32.0. The number of hydrogen-bond acceptors (Lipinski definition) is 3. The Kier molecular flexibility index (Phi) is 14.3. The maximum atomic E-state index is 5.14. The normalized spacial score (nSPS) is 13.2. The molecule has 6 aromatic heterocycles. The van der Waals surface area contributed by atoms with Gasteiger partial charge >= 0.3 is 0 Å². The Bertz CT molecular complexity index is 7780. The molecule has 0 unspecified atom stereocenters. The lowest BCUT2D eigenvalue weighted by Gasteiger charge is -2.28. The SMILES string of the molecule is CC1(C)c2ccccc2-c2c3c(c4c5ccccc5n(-c5ccc6c(c5)c5ccccc5n6-c5ccccc5)c4c21)Cc1cc2ccccc2cc1C3.c1ccc(-c2nc(-c3ccc(-n4c5ccccc5c5c6cc7c(cc6c6c8ccccc8n(-c8ccccc8)c6c54)Cc4ccccc4C7)cc3)cc(-c3ccccn3)n2)cc1. The van der Waals surface area contributed by atoms with Crippen molar-refractivity contribution in [3.8, 4) is 67.9 Å². The first-order chi connectivity index (χ1) is 56.8. The first kappa shape index (κ1) is 65.2. The number of fused-ring (bicyclic) bond motifs is 27. The van der Waals surface area contributed by atoms with Crippen LogP contribution in [0.2, 0.25) is 0 Å². The first-order valence-corrected chi connectivity index (χ1v) is 40.1. The molecule has 3 aliphatic rings. The smallest absolute Gasteiger partial charge is 0.160 e. The molecule has 0 fully saturated rings. The highest BCUT2D eigenvalue weighted by molar-refractivity contribution is 6.37. The summed E-state index contributed by atoms with van der Waals surface area (Å²) in [5.41, 5.74) is 36.0. The van der Waals surface area contributed by atoms with Crippen LogP contribution >= 0.6 is 0 Å². The van der Waals surface area contributed by atoms with Crippen molar-refractivity contribution in [3.63, 3.8) is 0 Å². The summed E-state index contributed by atoms with van der Waals surface area (Å²) >= 11 is 0. The van der Waals surface area contributed by atoms with Crippen molar-refractivity contribution in [3.05, 3.63) is 414 Å². The number of aromatic nitrogens is 7. The summed E-state index contributed by atoms with van der Waals surface area (Å²) in [5, 5.41) is 15.6. The summed E-state index contributed by atoms with van der Waals surface area (Å²) < 4.78 is 10.0. The average molecular weight is 1470 g/mol. The molecule has 0 amide bonds. The predicted molar refractivity (Wildman–Crippen MR) is 477 cm³/mol. The van der Waals surface area contributed by atoms with Gasteiger partial charge in [0, 0.05) is 88.6 Å². The Morgan fingerprint density at radius 1 is 0.278 bits per heavy atom. The fraction of sp³-hybridized carbons (Fsp3) is 0.0648. The van der Waals surface area contributed by atoms with E-state index >= 15 is 0 Å². The molecular weight excluding hydrogens is 1400 g/mol. The van der Waals surface area contributed by atoms with Crippen molar-refractivity contribution in [1.29, 1.82) is 0 Å². The Labute approximate surface area is 664 Å². The van der Waals surface area contributed by atoms with Gasteiger partial charge in [-0.25, -0.2) is 9.97 Å². The third kappa shape index (κ3) is 9.87. The summed E-state index contributed by atoms with van der Waals surface area (Å²) in [6.07, 6.45) is 5.56. The highest BCUT2D eigenvalue weighted by Crippen LogP contribution is 2.58. The van der Waals surface area contributed by atoms with E-state index in [-0.39, 0.29) is 5.41 Å². The first-order valence-electron chi connectivity index (χ1n) is 40.1. The van der Waals surface area contributed by atoms with Crippen LogP contribution in [-0.2, 0) is 31.1 Å². The summed E-state index contributed by atoms with van der Waals surface area (Å²) in [7, 11) is 0. The molecule has 16 aromatic carbocycles. The number of pyridine rings is 1. The van der Waals surface area contributed by atoms with E-state index in [1.165, 1.54) is 187 Å². The van der Waals surface area contributed by atoms with Crippen molar-refractivity contribution >= 4 is 109 Å². The maximum Gasteiger partial charge on any atom is 0.160 e. The minimum atomic E-state index is -0.178. The molecule has 0 aliphatic heterocycles. The number of rotatable bonds is 7. The molecule has 540 valence electrons. The molecular formula is C108H73N7. The van der Waals surface area contributed by atoms with Crippen LogP contribution in [0.5, 0.6) is 0 Å². The van der Waals surface area contributed by atoms with Gasteiger partial charge in [-0.1, -0.05) is 257 Å². The zero-order valence-electron chi connectivity index (χ0n) is 63.5. The number of hydrogen-bond donors (Lipinski definition) is 0. The van der Waals surface area contributed by atoms with Crippen LogP contribution in [0, 0.1) is 0 Å². The fourth-order valence-electron chi connectivity index (χ4n) is 20.4. The van der Waals surface area contributed by atoms with E-state index in [0.29, 0.717) is 5.82 Å². The van der Waals surface area contributed by atoms with Gasteiger partial charge in [0.15, 0.2) is 5.82 Å². The van der Waals surface area contributed by atoms with Gasteiger partial charge in [-0.3, -0.25) is 4.98 Å². The van der Waals surface area contributed by atoms with E-state index in [1.807, 2.05) is 42.6 Å². The van der Waals surface area contributed by atoms with Crippen LogP contribution in [-0.4, -0.2) is 33.2 Å². The van der Waals surface area contributed by atoms with Crippen molar-refractivity contribution in [2.75, 3.05) is 0 Å². The second-order valence-electron chi connectivity index (χ2n) is 32.0. The van der Waals surface area contributed by atoms with E-state index in [9.17, 15) is 0 Å².